The number of carboxylic acid groups (broad SMARTS) is 1. The van der Waals surface area contributed by atoms with Crippen LogP contribution in [0.3, 0.4) is 0 Å². The monoisotopic (exact) mass is 465 g/mol. The van der Waals surface area contributed by atoms with Crippen molar-refractivity contribution in [2.45, 2.75) is 25.6 Å². The average Bonchev–Trinajstić information content (AvgIpc) is 3.20. The van der Waals surface area contributed by atoms with Gasteiger partial charge in [-0.05, 0) is 25.0 Å². The third kappa shape index (κ3) is 5.66. The molecule has 10 nitrogen and oxygen atoms in total. The number of anilines is 3. The number of ether oxygens (including phenoxy) is 1. The van der Waals surface area contributed by atoms with Gasteiger partial charge >= 0.3 is 12.1 Å². The number of rotatable bonds is 8. The van der Waals surface area contributed by atoms with E-state index in [0.29, 0.717) is 48.0 Å². The van der Waals surface area contributed by atoms with Crippen molar-refractivity contribution in [2.24, 2.45) is 5.92 Å². The molecule has 1 aliphatic heterocycles. The Morgan fingerprint density at radius 1 is 1.30 bits per heavy atom. The summed E-state index contributed by atoms with van der Waals surface area (Å²) in [7, 11) is 0. The van der Waals surface area contributed by atoms with Crippen LogP contribution in [0.15, 0.2) is 30.6 Å². The number of nitrogens with zero attached hydrogens (tertiary/aromatic N) is 6. The first kappa shape index (κ1) is 22.7. The highest BCUT2D eigenvalue weighted by Crippen LogP contribution is 2.28. The molecule has 4 heterocycles. The van der Waals surface area contributed by atoms with Crippen molar-refractivity contribution in [3.05, 3.63) is 30.6 Å². The van der Waals surface area contributed by atoms with Crippen molar-refractivity contribution in [3.63, 3.8) is 0 Å². The van der Waals surface area contributed by atoms with Crippen molar-refractivity contribution in [1.82, 2.24) is 24.7 Å². The molecule has 0 amide bonds. The predicted molar refractivity (Wildman–Crippen MR) is 112 cm³/mol. The minimum atomic E-state index is -4.40. The summed E-state index contributed by atoms with van der Waals surface area (Å²) in [5, 5.41) is 16.8. The highest BCUT2D eigenvalue weighted by Gasteiger charge is 2.29. The summed E-state index contributed by atoms with van der Waals surface area (Å²) < 4.78 is 43.2. The molecule has 1 saturated heterocycles. The summed E-state index contributed by atoms with van der Waals surface area (Å²) in [4.78, 5) is 26.6. The number of hydrogen-bond acceptors (Lipinski definition) is 8. The lowest BCUT2D eigenvalue weighted by Gasteiger charge is -2.30. The van der Waals surface area contributed by atoms with Crippen molar-refractivity contribution in [2.75, 3.05) is 36.5 Å². The average molecular weight is 465 g/mol. The minimum Gasteiger partial charge on any atom is -0.481 e. The Kier molecular flexibility index (Phi) is 6.58. The third-order valence-electron chi connectivity index (χ3n) is 5.15. The van der Waals surface area contributed by atoms with Crippen LogP contribution in [-0.4, -0.2) is 68.3 Å². The van der Waals surface area contributed by atoms with E-state index in [1.165, 1.54) is 10.9 Å². The molecule has 3 aromatic rings. The summed E-state index contributed by atoms with van der Waals surface area (Å²) in [6, 6.07) is 5.29. The maximum atomic E-state index is 12.4. The Morgan fingerprint density at radius 2 is 2.15 bits per heavy atom. The van der Waals surface area contributed by atoms with Gasteiger partial charge < -0.3 is 20.1 Å². The van der Waals surface area contributed by atoms with E-state index in [1.54, 1.807) is 24.4 Å². The quantitative estimate of drug-likeness (QED) is 0.484. The number of nitrogens with one attached hydrogen (secondary N) is 1. The molecule has 176 valence electrons. The number of carbonyl (C=O) groups is 1. The molecule has 0 saturated carbocycles. The van der Waals surface area contributed by atoms with Gasteiger partial charge in [0, 0.05) is 19.3 Å². The summed E-state index contributed by atoms with van der Waals surface area (Å²) >= 11 is 0. The van der Waals surface area contributed by atoms with Crippen molar-refractivity contribution in [1.29, 1.82) is 0 Å². The second-order valence-electron chi connectivity index (χ2n) is 7.60. The van der Waals surface area contributed by atoms with Gasteiger partial charge in [0.1, 0.15) is 23.5 Å². The number of hydrogen-bond donors (Lipinski definition) is 2. The first-order chi connectivity index (χ1) is 15.8. The molecule has 0 aromatic carbocycles. The Labute approximate surface area is 186 Å². The maximum Gasteiger partial charge on any atom is 0.411 e. The lowest BCUT2D eigenvalue weighted by molar-refractivity contribution is -0.174. The lowest BCUT2D eigenvalue weighted by atomic mass is 9.99. The van der Waals surface area contributed by atoms with Gasteiger partial charge in [-0.1, -0.05) is 6.07 Å². The van der Waals surface area contributed by atoms with E-state index in [1.807, 2.05) is 4.90 Å². The van der Waals surface area contributed by atoms with E-state index in [4.69, 9.17) is 4.74 Å². The molecule has 4 rings (SSSR count). The number of alkyl halides is 3. The zero-order valence-electron chi connectivity index (χ0n) is 17.5. The van der Waals surface area contributed by atoms with Gasteiger partial charge in [0.25, 0.3) is 0 Å². The number of halogens is 3. The fourth-order valence-electron chi connectivity index (χ4n) is 3.64. The lowest BCUT2D eigenvalue weighted by Crippen LogP contribution is -2.39. The van der Waals surface area contributed by atoms with Crippen LogP contribution in [0.4, 0.5) is 30.8 Å². The highest BCUT2D eigenvalue weighted by molar-refractivity contribution is 5.88. The predicted octanol–water partition coefficient (Wildman–Crippen LogP) is 2.84. The zero-order valence-corrected chi connectivity index (χ0v) is 17.5. The molecule has 3 aromatic heterocycles. The van der Waals surface area contributed by atoms with Crippen LogP contribution in [0.2, 0.25) is 0 Å². The molecule has 33 heavy (non-hydrogen) atoms. The van der Waals surface area contributed by atoms with Gasteiger partial charge in [-0.3, -0.25) is 9.48 Å². The number of piperidine rings is 1. The molecule has 2 N–H and O–H groups in total. The second-order valence-corrected chi connectivity index (χ2v) is 7.60. The largest absolute Gasteiger partial charge is 0.481 e. The molecular weight excluding hydrogens is 443 g/mol. The van der Waals surface area contributed by atoms with Crippen molar-refractivity contribution < 1.29 is 27.8 Å². The molecule has 0 spiro atoms. The molecular formula is C20H22F3N7O3. The van der Waals surface area contributed by atoms with Crippen LogP contribution in [0.25, 0.3) is 11.0 Å². The summed E-state index contributed by atoms with van der Waals surface area (Å²) in [5.41, 5.74) is 0.943. The zero-order chi connectivity index (χ0) is 23.4. The van der Waals surface area contributed by atoms with Crippen LogP contribution in [0, 0.1) is 5.92 Å². The van der Waals surface area contributed by atoms with Gasteiger partial charge in [-0.15, -0.1) is 0 Å². The van der Waals surface area contributed by atoms with E-state index in [2.05, 4.69) is 25.4 Å². The molecule has 1 fully saturated rings. The Bertz CT molecular complexity index is 1110. The normalized spacial score (nSPS) is 16.8. The fourth-order valence-corrected chi connectivity index (χ4v) is 3.64. The van der Waals surface area contributed by atoms with E-state index in [0.717, 1.165) is 0 Å². The van der Waals surface area contributed by atoms with E-state index in [9.17, 15) is 23.1 Å². The van der Waals surface area contributed by atoms with Crippen LogP contribution in [0.5, 0.6) is 0 Å². The van der Waals surface area contributed by atoms with Crippen molar-refractivity contribution in [3.8, 4) is 0 Å². The fraction of sp³-hybridized carbons (Fsp3) is 0.450. The highest BCUT2D eigenvalue weighted by atomic mass is 19.4. The number of fused-ring (bicyclic) bond motifs is 1. The molecule has 0 bridgehead atoms. The summed E-state index contributed by atoms with van der Waals surface area (Å²) in [5.74, 6) is -0.163. The van der Waals surface area contributed by atoms with Crippen LogP contribution >= 0.6 is 0 Å². The van der Waals surface area contributed by atoms with Gasteiger partial charge in [0.05, 0.1) is 25.3 Å². The molecule has 0 radical (unpaired) electrons. The molecule has 0 unspecified atom stereocenters. The summed E-state index contributed by atoms with van der Waals surface area (Å²) in [6.45, 7) is -0.593. The minimum absolute atomic E-state index is 0.0595. The SMILES string of the molecule is O=C(O)[C@H]1CCCN(c2nc(Nc3ccccn3)c3c(cnn3CCOCC(F)(F)F)n2)C1. The van der Waals surface area contributed by atoms with Gasteiger partial charge in [0.15, 0.2) is 5.82 Å². The first-order valence-corrected chi connectivity index (χ1v) is 10.3. The van der Waals surface area contributed by atoms with Gasteiger partial charge in [0.2, 0.25) is 5.95 Å². The van der Waals surface area contributed by atoms with Crippen LogP contribution in [0.1, 0.15) is 12.8 Å². The standard InChI is InChI=1S/C20H22F3N7O3/c21-20(22,23)12-33-9-8-30-16-14(10-25-30)26-19(29-7-3-4-13(11-29)18(31)32)28-17(16)27-15-5-1-2-6-24-15/h1-2,5-6,10,13H,3-4,7-9,11-12H2,(H,31,32)(H,24,26,27,28)/t13-/m0/s1. The number of aromatic nitrogens is 5. The number of aliphatic carboxylic acids is 1. The van der Waals surface area contributed by atoms with E-state index in [-0.39, 0.29) is 19.7 Å². The van der Waals surface area contributed by atoms with Crippen LogP contribution < -0.4 is 10.2 Å². The van der Waals surface area contributed by atoms with Crippen molar-refractivity contribution >= 4 is 34.6 Å². The smallest absolute Gasteiger partial charge is 0.411 e. The topological polar surface area (TPSA) is 118 Å². The van der Waals surface area contributed by atoms with Gasteiger partial charge in [-0.2, -0.15) is 23.3 Å². The third-order valence-corrected chi connectivity index (χ3v) is 5.15. The Hall–Kier alpha value is -3.48. The maximum absolute atomic E-state index is 12.4. The molecule has 1 aliphatic rings. The Morgan fingerprint density at radius 3 is 2.88 bits per heavy atom. The molecule has 0 aliphatic carbocycles. The molecule has 1 atom stereocenters. The van der Waals surface area contributed by atoms with Crippen LogP contribution in [-0.2, 0) is 16.1 Å². The first-order valence-electron chi connectivity index (χ1n) is 10.3. The Balaban J connectivity index is 1.64. The number of carboxylic acids is 1. The van der Waals surface area contributed by atoms with E-state index < -0.39 is 24.7 Å². The number of pyridine rings is 1. The van der Waals surface area contributed by atoms with E-state index >= 15 is 0 Å². The summed E-state index contributed by atoms with van der Waals surface area (Å²) in [6.07, 6.45) is -0.0310. The second kappa shape index (κ2) is 9.57. The van der Waals surface area contributed by atoms with Gasteiger partial charge in [-0.25, -0.2) is 9.97 Å². The molecule has 13 heteroatoms.